The zero-order valence-electron chi connectivity index (χ0n) is 14.0. The molecule has 13 heteroatoms. The molecule has 1 aromatic heterocycles. The number of rotatable bonds is 5. The summed E-state index contributed by atoms with van der Waals surface area (Å²) in [6.45, 7) is 0.985. The Bertz CT molecular complexity index is 1230. The van der Waals surface area contributed by atoms with E-state index in [1.165, 1.54) is 0 Å². The largest absolute Gasteiger partial charge is 0.364 e. The number of oxime groups is 1. The smallest absolute Gasteiger partial charge is 0.293 e. The Labute approximate surface area is 163 Å². The summed E-state index contributed by atoms with van der Waals surface area (Å²) in [4.78, 5) is 13.6. The summed E-state index contributed by atoms with van der Waals surface area (Å²) in [6, 6.07) is 6.58. The Morgan fingerprint density at radius 2 is 1.55 bits per heavy atom. The number of nitrogens with zero attached hydrogens (tertiary/aromatic N) is 2. The highest BCUT2D eigenvalue weighted by atomic mass is 32.2. The highest BCUT2D eigenvalue weighted by Crippen LogP contribution is 2.28. The van der Waals surface area contributed by atoms with Crippen molar-refractivity contribution in [3.8, 4) is 0 Å². The van der Waals surface area contributed by atoms with Crippen molar-refractivity contribution in [1.29, 1.82) is 0 Å². The molecule has 0 aliphatic rings. The summed E-state index contributed by atoms with van der Waals surface area (Å²) in [6.07, 6.45) is 0. The predicted molar refractivity (Wildman–Crippen MR) is 91.3 cm³/mol. The normalized spacial score (nSPS) is 12.4. The Balaban J connectivity index is 2.07. The van der Waals surface area contributed by atoms with Gasteiger partial charge in [-0.25, -0.2) is 26.9 Å². The first-order valence-electron chi connectivity index (χ1n) is 7.44. The fourth-order valence-corrected chi connectivity index (χ4v) is 4.02. The molecule has 1 heterocycles. The molecule has 0 aliphatic heterocycles. The van der Waals surface area contributed by atoms with Gasteiger partial charge < -0.3 is 0 Å². The van der Waals surface area contributed by atoms with Gasteiger partial charge in [-0.1, -0.05) is 17.3 Å². The fraction of sp³-hybridized carbons (Fsp3) is 0.0625. The van der Waals surface area contributed by atoms with E-state index in [2.05, 4.69) is 14.4 Å². The number of fused-ring (bicyclic) bond motifs is 1. The van der Waals surface area contributed by atoms with Crippen molar-refractivity contribution in [2.75, 3.05) is 0 Å². The van der Waals surface area contributed by atoms with Gasteiger partial charge in [0.2, 0.25) is 5.82 Å². The summed E-state index contributed by atoms with van der Waals surface area (Å²) < 4.78 is 95.8. The van der Waals surface area contributed by atoms with E-state index < -0.39 is 55.6 Å². The zero-order valence-corrected chi connectivity index (χ0v) is 15.7. The fourth-order valence-electron chi connectivity index (χ4n) is 2.16. The number of benzene rings is 2. The quantitative estimate of drug-likeness (QED) is 0.195. The molecule has 6 nitrogen and oxygen atoms in total. The van der Waals surface area contributed by atoms with Crippen LogP contribution in [-0.2, 0) is 19.2 Å². The lowest BCUT2D eigenvalue weighted by Crippen LogP contribution is -2.17. The molecule has 152 valence electrons. The van der Waals surface area contributed by atoms with Crippen LogP contribution in [-0.4, -0.2) is 24.9 Å². The molecule has 0 aliphatic carbocycles. The van der Waals surface area contributed by atoms with Crippen molar-refractivity contribution in [3.05, 3.63) is 58.4 Å². The molecule has 0 atom stereocenters. The van der Waals surface area contributed by atoms with Crippen LogP contribution in [0.1, 0.15) is 11.9 Å². The third-order valence-electron chi connectivity index (χ3n) is 3.48. The second-order valence-electron chi connectivity index (χ2n) is 5.41. The minimum atomic E-state index is -5.61. The summed E-state index contributed by atoms with van der Waals surface area (Å²) in [7, 11) is -5.61. The van der Waals surface area contributed by atoms with E-state index >= 15 is 0 Å². The minimum Gasteiger partial charge on any atom is -0.293 e. The van der Waals surface area contributed by atoms with E-state index in [1.807, 2.05) is 0 Å². The highest BCUT2D eigenvalue weighted by Gasteiger charge is 2.35. The molecule has 0 unspecified atom stereocenters. The van der Waals surface area contributed by atoms with Gasteiger partial charge in [-0.05, 0) is 12.1 Å². The molecular formula is C16H7F5N2O4S2. The lowest BCUT2D eigenvalue weighted by atomic mass is 10.3. The molecule has 3 aromatic rings. The van der Waals surface area contributed by atoms with Crippen LogP contribution < -0.4 is 0 Å². The van der Waals surface area contributed by atoms with Crippen LogP contribution in [0.5, 0.6) is 0 Å². The maximum absolute atomic E-state index is 13.7. The molecule has 0 amide bonds. The molecule has 3 rings (SSSR count). The molecule has 0 saturated carbocycles. The van der Waals surface area contributed by atoms with Gasteiger partial charge in [0.05, 0.1) is 10.2 Å². The molecular weight excluding hydrogens is 443 g/mol. The number of carbonyl (C=O) groups is 1. The number of hydrogen-bond donors (Lipinski definition) is 0. The molecule has 0 saturated heterocycles. The van der Waals surface area contributed by atoms with Crippen LogP contribution in [0, 0.1) is 29.1 Å². The third-order valence-corrected chi connectivity index (χ3v) is 5.65. The number of ketones is 1. The van der Waals surface area contributed by atoms with Crippen LogP contribution in [0.15, 0.2) is 34.3 Å². The maximum Gasteiger partial charge on any atom is 0.364 e. The molecule has 0 spiro atoms. The van der Waals surface area contributed by atoms with Crippen LogP contribution in [0.3, 0.4) is 0 Å². The second-order valence-corrected chi connectivity index (χ2v) is 7.91. The molecule has 0 fully saturated rings. The van der Waals surface area contributed by atoms with Crippen molar-refractivity contribution >= 4 is 43.2 Å². The zero-order chi connectivity index (χ0) is 21.5. The van der Waals surface area contributed by atoms with Gasteiger partial charge in [0.15, 0.2) is 39.7 Å². The number of hydrogen-bond acceptors (Lipinski definition) is 7. The van der Waals surface area contributed by atoms with Gasteiger partial charge in [-0.2, -0.15) is 8.42 Å². The summed E-state index contributed by atoms with van der Waals surface area (Å²) in [5.74, 6) is -13.6. The third kappa shape index (κ3) is 3.70. The average Bonchev–Trinajstić information content (AvgIpc) is 3.08. The van der Waals surface area contributed by atoms with E-state index in [-0.39, 0.29) is 5.01 Å². The molecule has 0 radical (unpaired) electrons. The second kappa shape index (κ2) is 7.48. The number of Topliss-reactive ketones (excluding diaryl/α,β-unsaturated/α-hetero) is 1. The van der Waals surface area contributed by atoms with Crippen LogP contribution >= 0.6 is 11.3 Å². The SMILES string of the molecule is CC(=O)/C(=N\OS(=O)(=O)c1c(F)c(F)c(F)c(F)c1F)c1nc2ccccc2s1. The first kappa shape index (κ1) is 20.8. The van der Waals surface area contributed by atoms with E-state index in [9.17, 15) is 35.2 Å². The standard InChI is InChI=1S/C16H7F5N2O4S2/c1-6(24)14(16-22-7-4-2-3-5-8(7)28-16)23-27-29(25,26)15-12(20)10(18)9(17)11(19)13(15)21/h2-5H,1H3/b23-14+. The van der Waals surface area contributed by atoms with Crippen molar-refractivity contribution in [2.24, 2.45) is 5.16 Å². The van der Waals surface area contributed by atoms with E-state index in [0.717, 1.165) is 18.3 Å². The first-order chi connectivity index (χ1) is 13.5. The topological polar surface area (TPSA) is 85.7 Å². The predicted octanol–water partition coefficient (Wildman–Crippen LogP) is 3.69. The average molecular weight is 450 g/mol. The highest BCUT2D eigenvalue weighted by molar-refractivity contribution is 7.86. The number of thiazole rings is 1. The van der Waals surface area contributed by atoms with E-state index in [1.54, 1.807) is 24.3 Å². The van der Waals surface area contributed by atoms with Gasteiger partial charge in [0, 0.05) is 6.92 Å². The van der Waals surface area contributed by atoms with Gasteiger partial charge in [0.1, 0.15) is 5.01 Å². The van der Waals surface area contributed by atoms with Crippen LogP contribution in [0.2, 0.25) is 0 Å². The van der Waals surface area contributed by atoms with Gasteiger partial charge >= 0.3 is 10.1 Å². The Morgan fingerprint density at radius 3 is 2.10 bits per heavy atom. The molecule has 0 bridgehead atoms. The lowest BCUT2D eigenvalue weighted by molar-refractivity contribution is -0.111. The van der Waals surface area contributed by atoms with E-state index in [4.69, 9.17) is 0 Å². The maximum atomic E-state index is 13.7. The van der Waals surface area contributed by atoms with Crippen molar-refractivity contribution in [3.63, 3.8) is 0 Å². The molecule has 2 aromatic carbocycles. The monoisotopic (exact) mass is 450 g/mol. The number of halogens is 5. The minimum absolute atomic E-state index is 0.0775. The summed E-state index contributed by atoms with van der Waals surface area (Å²) in [5.41, 5.74) is -0.178. The van der Waals surface area contributed by atoms with E-state index in [0.29, 0.717) is 10.2 Å². The molecule has 0 N–H and O–H groups in total. The van der Waals surface area contributed by atoms with Crippen LogP contribution in [0.25, 0.3) is 10.2 Å². The van der Waals surface area contributed by atoms with Gasteiger partial charge in [0.25, 0.3) is 0 Å². The summed E-state index contributed by atoms with van der Waals surface area (Å²) in [5, 5.41) is 2.98. The Hall–Kier alpha value is -2.93. The number of carbonyl (C=O) groups excluding carboxylic acids is 1. The Morgan fingerprint density at radius 1 is 1.00 bits per heavy atom. The summed E-state index contributed by atoms with van der Waals surface area (Å²) >= 11 is 0.938. The van der Waals surface area contributed by atoms with Crippen molar-refractivity contribution < 1.29 is 39.4 Å². The first-order valence-corrected chi connectivity index (χ1v) is 9.67. The number of aromatic nitrogens is 1. The number of para-hydroxylation sites is 1. The Kier molecular flexibility index (Phi) is 5.36. The van der Waals surface area contributed by atoms with Gasteiger partial charge in [-0.15, -0.1) is 11.3 Å². The lowest BCUT2D eigenvalue weighted by Gasteiger charge is -2.07. The van der Waals surface area contributed by atoms with Gasteiger partial charge in [-0.3, -0.25) is 9.08 Å². The van der Waals surface area contributed by atoms with Crippen molar-refractivity contribution in [2.45, 2.75) is 11.8 Å². The van der Waals surface area contributed by atoms with Crippen molar-refractivity contribution in [1.82, 2.24) is 4.98 Å². The van der Waals surface area contributed by atoms with Crippen LogP contribution in [0.4, 0.5) is 22.0 Å². The molecule has 29 heavy (non-hydrogen) atoms.